The van der Waals surface area contributed by atoms with Crippen LogP contribution in [0.1, 0.15) is 35.7 Å². The molecule has 0 bridgehead atoms. The number of para-hydroxylation sites is 2. The van der Waals surface area contributed by atoms with Gasteiger partial charge >= 0.3 is 0 Å². The number of carbonyl (C=O) groups excluding carboxylic acids is 2. The number of carbonyl (C=O) groups is 2. The summed E-state index contributed by atoms with van der Waals surface area (Å²) in [7, 11) is 0. The maximum Gasteiger partial charge on any atom is 0.258 e. The number of likely N-dealkylation sites (N-methyl/N-ethyl adjacent to an activating group) is 1. The molecule has 0 fully saturated rings. The average Bonchev–Trinajstić information content (AvgIpc) is 3.06. The number of amides is 2. The number of hydrogen-bond donors (Lipinski definition) is 1. The highest BCUT2D eigenvalue weighted by Crippen LogP contribution is 2.27. The van der Waals surface area contributed by atoms with Gasteiger partial charge in [-0.3, -0.25) is 9.59 Å². The molecule has 4 rings (SSSR count). The van der Waals surface area contributed by atoms with Crippen molar-refractivity contribution in [2.75, 3.05) is 34.8 Å². The van der Waals surface area contributed by atoms with Crippen LogP contribution in [0.25, 0.3) is 0 Å². The van der Waals surface area contributed by atoms with Gasteiger partial charge in [0.15, 0.2) is 0 Å². The van der Waals surface area contributed by atoms with Gasteiger partial charge in [-0.2, -0.15) is 0 Å². The number of rotatable bonds is 6. The first-order valence-corrected chi connectivity index (χ1v) is 11.3. The summed E-state index contributed by atoms with van der Waals surface area (Å²) >= 11 is 0. The van der Waals surface area contributed by atoms with Gasteiger partial charge in [-0.15, -0.1) is 0 Å². The van der Waals surface area contributed by atoms with Gasteiger partial charge in [-0.05, 0) is 74.2 Å². The van der Waals surface area contributed by atoms with Crippen molar-refractivity contribution in [3.8, 4) is 0 Å². The fourth-order valence-corrected chi connectivity index (χ4v) is 4.15. The van der Waals surface area contributed by atoms with Gasteiger partial charge in [-0.25, -0.2) is 0 Å². The third kappa shape index (κ3) is 4.99. The van der Waals surface area contributed by atoms with E-state index in [0.29, 0.717) is 11.3 Å². The number of nitrogens with zero attached hydrogens (tertiary/aromatic N) is 2. The molecule has 0 unspecified atom stereocenters. The highest BCUT2D eigenvalue weighted by Gasteiger charge is 2.22. The molecule has 164 valence electrons. The number of nitrogens with one attached hydrogen (secondary N) is 1. The Kier molecular flexibility index (Phi) is 6.85. The first kappa shape index (κ1) is 21.6. The van der Waals surface area contributed by atoms with Gasteiger partial charge in [0.25, 0.3) is 5.91 Å². The summed E-state index contributed by atoms with van der Waals surface area (Å²) in [5.74, 6) is -0.0883. The van der Waals surface area contributed by atoms with Gasteiger partial charge in [0, 0.05) is 35.7 Å². The monoisotopic (exact) mass is 427 g/mol. The molecule has 1 N–H and O–H groups in total. The number of benzene rings is 3. The Labute approximate surface area is 189 Å². The van der Waals surface area contributed by atoms with E-state index in [2.05, 4.69) is 11.4 Å². The minimum Gasteiger partial charge on any atom is -0.362 e. The molecule has 1 aliphatic rings. The Morgan fingerprint density at radius 2 is 1.62 bits per heavy atom. The van der Waals surface area contributed by atoms with Crippen LogP contribution in [-0.2, 0) is 11.2 Å². The highest BCUT2D eigenvalue weighted by atomic mass is 16.2. The molecule has 0 saturated carbocycles. The molecule has 0 aromatic heterocycles. The van der Waals surface area contributed by atoms with E-state index in [4.69, 9.17) is 0 Å². The van der Waals surface area contributed by atoms with Crippen LogP contribution in [0, 0.1) is 0 Å². The predicted octanol–water partition coefficient (Wildman–Crippen LogP) is 5.13. The van der Waals surface area contributed by atoms with Crippen LogP contribution >= 0.6 is 0 Å². The highest BCUT2D eigenvalue weighted by molar-refractivity contribution is 6.07. The lowest BCUT2D eigenvalue weighted by atomic mass is 10.1. The topological polar surface area (TPSA) is 52.7 Å². The molecular weight excluding hydrogens is 398 g/mol. The van der Waals surface area contributed by atoms with E-state index in [0.717, 1.165) is 43.7 Å². The zero-order valence-electron chi connectivity index (χ0n) is 18.5. The van der Waals surface area contributed by atoms with Crippen molar-refractivity contribution in [2.24, 2.45) is 0 Å². The second-order valence-corrected chi connectivity index (χ2v) is 8.02. The lowest BCUT2D eigenvalue weighted by Crippen LogP contribution is -2.33. The molecule has 1 heterocycles. The summed E-state index contributed by atoms with van der Waals surface area (Å²) < 4.78 is 0. The summed E-state index contributed by atoms with van der Waals surface area (Å²) in [5, 5.41) is 2.94. The SMILES string of the molecule is CCN(CC(=O)Nc1ccc(C(=O)N2CCCCc3ccccc32)cc1)c1ccccc1. The maximum atomic E-state index is 13.2. The predicted molar refractivity (Wildman–Crippen MR) is 130 cm³/mol. The van der Waals surface area contributed by atoms with Gasteiger partial charge in [0.2, 0.25) is 5.91 Å². The lowest BCUT2D eigenvalue weighted by molar-refractivity contribution is -0.115. The van der Waals surface area contributed by atoms with Crippen LogP contribution in [0.3, 0.4) is 0 Å². The first-order valence-electron chi connectivity index (χ1n) is 11.3. The quantitative estimate of drug-likeness (QED) is 0.593. The molecule has 5 heteroatoms. The molecule has 32 heavy (non-hydrogen) atoms. The third-order valence-corrected chi connectivity index (χ3v) is 5.86. The summed E-state index contributed by atoms with van der Waals surface area (Å²) in [4.78, 5) is 29.7. The standard InChI is InChI=1S/C27H29N3O2/c1-2-29(24-12-4-3-5-13-24)20-26(31)28-23-17-15-22(16-18-23)27(32)30-19-9-8-11-21-10-6-7-14-25(21)30/h3-7,10,12-18H,2,8-9,11,19-20H2,1H3,(H,28,31). The van der Waals surface area contributed by atoms with Crippen molar-refractivity contribution in [3.63, 3.8) is 0 Å². The minimum absolute atomic E-state index is 0.00142. The van der Waals surface area contributed by atoms with Crippen LogP contribution < -0.4 is 15.1 Å². The Bertz CT molecular complexity index is 1060. The Hall–Kier alpha value is -3.60. The molecule has 0 atom stereocenters. The number of aryl methyl sites for hydroxylation is 1. The molecular formula is C27H29N3O2. The van der Waals surface area contributed by atoms with E-state index in [1.54, 1.807) is 24.3 Å². The summed E-state index contributed by atoms with van der Waals surface area (Å²) in [5.41, 5.74) is 4.56. The fourth-order valence-electron chi connectivity index (χ4n) is 4.15. The molecule has 3 aromatic rings. The normalized spacial score (nSPS) is 13.1. The van der Waals surface area contributed by atoms with Crippen molar-refractivity contribution in [2.45, 2.75) is 26.2 Å². The van der Waals surface area contributed by atoms with Crippen LogP contribution in [0.2, 0.25) is 0 Å². The number of anilines is 3. The lowest BCUT2D eigenvalue weighted by Gasteiger charge is -2.23. The number of hydrogen-bond acceptors (Lipinski definition) is 3. The summed E-state index contributed by atoms with van der Waals surface area (Å²) in [6.07, 6.45) is 3.08. The zero-order chi connectivity index (χ0) is 22.3. The van der Waals surface area contributed by atoms with Crippen molar-refractivity contribution < 1.29 is 9.59 Å². The molecule has 0 aliphatic carbocycles. The van der Waals surface area contributed by atoms with Crippen molar-refractivity contribution in [1.29, 1.82) is 0 Å². The smallest absolute Gasteiger partial charge is 0.258 e. The van der Waals surface area contributed by atoms with Crippen molar-refractivity contribution in [3.05, 3.63) is 90.0 Å². The zero-order valence-corrected chi connectivity index (χ0v) is 18.5. The van der Waals surface area contributed by atoms with Crippen LogP contribution in [0.4, 0.5) is 17.1 Å². The summed E-state index contributed by atoms with van der Waals surface area (Å²) in [6, 6.07) is 25.2. The van der Waals surface area contributed by atoms with Crippen molar-refractivity contribution in [1.82, 2.24) is 0 Å². The van der Waals surface area contributed by atoms with Gasteiger partial charge in [0.1, 0.15) is 0 Å². The maximum absolute atomic E-state index is 13.2. The van der Waals surface area contributed by atoms with Crippen molar-refractivity contribution >= 4 is 28.9 Å². The largest absolute Gasteiger partial charge is 0.362 e. The molecule has 3 aromatic carbocycles. The van der Waals surface area contributed by atoms with Crippen LogP contribution in [0.5, 0.6) is 0 Å². The Morgan fingerprint density at radius 3 is 2.38 bits per heavy atom. The third-order valence-electron chi connectivity index (χ3n) is 5.86. The van der Waals surface area contributed by atoms with E-state index < -0.39 is 0 Å². The van der Waals surface area contributed by atoms with Crippen LogP contribution in [0.15, 0.2) is 78.9 Å². The number of fused-ring (bicyclic) bond motifs is 1. The van der Waals surface area contributed by atoms with Crippen LogP contribution in [-0.4, -0.2) is 31.4 Å². The van der Waals surface area contributed by atoms with E-state index in [9.17, 15) is 9.59 Å². The van der Waals surface area contributed by atoms with Gasteiger partial charge in [0.05, 0.1) is 6.54 Å². The second kappa shape index (κ2) is 10.1. The van der Waals surface area contributed by atoms with E-state index in [1.165, 1.54) is 5.56 Å². The van der Waals surface area contributed by atoms with Gasteiger partial charge < -0.3 is 15.1 Å². The molecule has 2 amide bonds. The molecule has 0 saturated heterocycles. The summed E-state index contributed by atoms with van der Waals surface area (Å²) in [6.45, 7) is 3.76. The molecule has 1 aliphatic heterocycles. The van der Waals surface area contributed by atoms with E-state index in [-0.39, 0.29) is 18.4 Å². The van der Waals surface area contributed by atoms with E-state index >= 15 is 0 Å². The van der Waals surface area contributed by atoms with Gasteiger partial charge in [-0.1, -0.05) is 36.4 Å². The Morgan fingerprint density at radius 1 is 0.906 bits per heavy atom. The Balaban J connectivity index is 1.42. The molecule has 5 nitrogen and oxygen atoms in total. The van der Waals surface area contributed by atoms with E-state index in [1.807, 2.05) is 65.3 Å². The molecule has 0 radical (unpaired) electrons. The first-order chi connectivity index (χ1) is 15.7. The average molecular weight is 428 g/mol. The molecule has 0 spiro atoms. The second-order valence-electron chi connectivity index (χ2n) is 8.02. The minimum atomic E-state index is -0.0868. The fraction of sp³-hybridized carbons (Fsp3) is 0.259.